The maximum atomic E-state index is 9.92. The van der Waals surface area contributed by atoms with E-state index in [4.69, 9.17) is 0 Å². The van der Waals surface area contributed by atoms with E-state index < -0.39 is 0 Å². The first-order valence-corrected chi connectivity index (χ1v) is 7.23. The van der Waals surface area contributed by atoms with Crippen LogP contribution in [0.5, 0.6) is 0 Å². The molecule has 1 aromatic carbocycles. The maximum Gasteiger partial charge on any atom is 0.0945 e. The van der Waals surface area contributed by atoms with E-state index in [9.17, 15) is 5.11 Å². The molecule has 0 bridgehead atoms. The Bertz CT molecular complexity index is 470. The minimum atomic E-state index is -0.275. The van der Waals surface area contributed by atoms with Gasteiger partial charge in [-0.3, -0.25) is 0 Å². The first kappa shape index (κ1) is 14.6. The van der Waals surface area contributed by atoms with Crippen LogP contribution in [-0.2, 0) is 6.54 Å². The van der Waals surface area contributed by atoms with Crippen molar-refractivity contribution < 1.29 is 5.11 Å². The summed E-state index contributed by atoms with van der Waals surface area (Å²) in [7, 11) is 0. The van der Waals surface area contributed by atoms with Crippen molar-refractivity contribution in [2.24, 2.45) is 0 Å². The van der Waals surface area contributed by atoms with Crippen molar-refractivity contribution in [2.45, 2.75) is 32.4 Å². The minimum Gasteiger partial charge on any atom is -0.391 e. The average molecular weight is 273 g/mol. The molecule has 0 aliphatic carbocycles. The van der Waals surface area contributed by atoms with E-state index in [0.29, 0.717) is 6.54 Å². The normalized spacial score (nSPS) is 12.3. The molecule has 0 saturated carbocycles. The third-order valence-corrected chi connectivity index (χ3v) is 3.43. The molecule has 2 aromatic rings. The molecule has 1 unspecified atom stereocenters. The van der Waals surface area contributed by atoms with E-state index in [0.717, 1.165) is 25.9 Å². The number of aliphatic hydroxyl groups excluding tert-OH is 1. The van der Waals surface area contributed by atoms with Gasteiger partial charge >= 0.3 is 0 Å². The number of imidazole rings is 1. The molecular weight excluding hydrogens is 250 g/mol. The number of anilines is 1. The molecule has 0 aliphatic rings. The molecule has 2 rings (SSSR count). The van der Waals surface area contributed by atoms with Gasteiger partial charge in [0.25, 0.3) is 0 Å². The van der Waals surface area contributed by atoms with E-state index >= 15 is 0 Å². The van der Waals surface area contributed by atoms with Crippen molar-refractivity contribution in [3.8, 4) is 0 Å². The first-order chi connectivity index (χ1) is 9.79. The van der Waals surface area contributed by atoms with E-state index in [1.165, 1.54) is 5.69 Å². The van der Waals surface area contributed by atoms with Gasteiger partial charge in [0.15, 0.2) is 0 Å². The van der Waals surface area contributed by atoms with Crippen LogP contribution in [0.15, 0.2) is 49.1 Å². The molecule has 1 aromatic heterocycles. The summed E-state index contributed by atoms with van der Waals surface area (Å²) in [6, 6.07) is 10.3. The number of hydrogen-bond acceptors (Lipinski definition) is 3. The number of nitrogens with zero attached hydrogens (tertiary/aromatic N) is 3. The van der Waals surface area contributed by atoms with E-state index in [1.54, 1.807) is 6.20 Å². The van der Waals surface area contributed by atoms with Crippen LogP contribution in [0, 0.1) is 0 Å². The number of aliphatic hydroxyl groups is 1. The van der Waals surface area contributed by atoms with Crippen LogP contribution in [0.3, 0.4) is 0 Å². The molecule has 1 atom stereocenters. The summed E-state index contributed by atoms with van der Waals surface area (Å²) >= 11 is 0. The summed E-state index contributed by atoms with van der Waals surface area (Å²) < 4.78 is 2.08. The van der Waals surface area contributed by atoms with Crippen LogP contribution in [-0.4, -0.2) is 33.9 Å². The zero-order valence-corrected chi connectivity index (χ0v) is 12.0. The van der Waals surface area contributed by atoms with Gasteiger partial charge in [-0.25, -0.2) is 4.98 Å². The van der Waals surface area contributed by atoms with Crippen molar-refractivity contribution in [1.82, 2.24) is 9.55 Å². The van der Waals surface area contributed by atoms with Gasteiger partial charge in [-0.05, 0) is 25.0 Å². The van der Waals surface area contributed by atoms with Gasteiger partial charge in [0.1, 0.15) is 0 Å². The van der Waals surface area contributed by atoms with Crippen molar-refractivity contribution in [1.29, 1.82) is 0 Å². The average Bonchev–Trinajstić information content (AvgIpc) is 3.00. The van der Waals surface area contributed by atoms with E-state index in [2.05, 4.69) is 26.6 Å². The quantitative estimate of drug-likeness (QED) is 0.803. The highest BCUT2D eigenvalue weighted by molar-refractivity contribution is 5.46. The predicted octanol–water partition coefficient (Wildman–Crippen LogP) is 2.55. The summed E-state index contributed by atoms with van der Waals surface area (Å²) in [6.45, 7) is 4.58. The lowest BCUT2D eigenvalue weighted by atomic mass is 10.2. The van der Waals surface area contributed by atoms with Crippen LogP contribution in [0.1, 0.15) is 19.8 Å². The Labute approximate surface area is 120 Å². The molecule has 4 nitrogen and oxygen atoms in total. The molecule has 0 aliphatic heterocycles. The van der Waals surface area contributed by atoms with Crippen LogP contribution in [0.4, 0.5) is 5.69 Å². The van der Waals surface area contributed by atoms with Gasteiger partial charge < -0.3 is 14.6 Å². The molecule has 4 heteroatoms. The van der Waals surface area contributed by atoms with Gasteiger partial charge in [0.2, 0.25) is 0 Å². The van der Waals surface area contributed by atoms with Crippen LogP contribution < -0.4 is 4.90 Å². The monoisotopic (exact) mass is 273 g/mol. The smallest absolute Gasteiger partial charge is 0.0945 e. The van der Waals surface area contributed by atoms with E-state index in [-0.39, 0.29) is 6.10 Å². The number of aryl methyl sites for hydroxylation is 1. The summed E-state index contributed by atoms with van der Waals surface area (Å²) in [5, 5.41) is 9.92. The number of hydrogen-bond donors (Lipinski definition) is 1. The fourth-order valence-electron chi connectivity index (χ4n) is 2.21. The Balaban J connectivity index is 1.92. The Morgan fingerprint density at radius 1 is 1.30 bits per heavy atom. The minimum absolute atomic E-state index is 0.275. The first-order valence-electron chi connectivity index (χ1n) is 7.23. The van der Waals surface area contributed by atoms with Gasteiger partial charge in [-0.15, -0.1) is 0 Å². The highest BCUT2D eigenvalue weighted by Crippen LogP contribution is 2.15. The Morgan fingerprint density at radius 3 is 2.75 bits per heavy atom. The second kappa shape index (κ2) is 7.70. The number of aromatic nitrogens is 2. The SMILES string of the molecule is CCC(O)CN(CCCn1ccnc1)c1ccccc1. The molecule has 0 spiro atoms. The zero-order valence-electron chi connectivity index (χ0n) is 12.0. The lowest BCUT2D eigenvalue weighted by Crippen LogP contribution is -2.33. The van der Waals surface area contributed by atoms with Gasteiger partial charge in [0.05, 0.1) is 12.4 Å². The number of rotatable bonds is 8. The van der Waals surface area contributed by atoms with Crippen LogP contribution in [0.2, 0.25) is 0 Å². The summed E-state index contributed by atoms with van der Waals surface area (Å²) in [4.78, 5) is 6.30. The molecule has 1 N–H and O–H groups in total. The topological polar surface area (TPSA) is 41.3 Å². The van der Waals surface area contributed by atoms with Crippen LogP contribution in [0.25, 0.3) is 0 Å². The number of para-hydroxylation sites is 1. The maximum absolute atomic E-state index is 9.92. The summed E-state index contributed by atoms with van der Waals surface area (Å²) in [5.41, 5.74) is 1.17. The highest BCUT2D eigenvalue weighted by atomic mass is 16.3. The van der Waals surface area contributed by atoms with E-state index in [1.807, 2.05) is 37.6 Å². The Kier molecular flexibility index (Phi) is 5.62. The largest absolute Gasteiger partial charge is 0.391 e. The Hall–Kier alpha value is -1.81. The molecule has 0 amide bonds. The molecule has 20 heavy (non-hydrogen) atoms. The predicted molar refractivity (Wildman–Crippen MR) is 81.8 cm³/mol. The van der Waals surface area contributed by atoms with Gasteiger partial charge in [0, 0.05) is 37.7 Å². The molecular formula is C16H23N3O. The lowest BCUT2D eigenvalue weighted by molar-refractivity contribution is 0.175. The second-order valence-electron chi connectivity index (χ2n) is 5.00. The molecule has 108 valence electrons. The fraction of sp³-hybridized carbons (Fsp3) is 0.438. The molecule has 1 heterocycles. The highest BCUT2D eigenvalue weighted by Gasteiger charge is 2.10. The van der Waals surface area contributed by atoms with Crippen molar-refractivity contribution in [2.75, 3.05) is 18.0 Å². The second-order valence-corrected chi connectivity index (χ2v) is 5.00. The lowest BCUT2D eigenvalue weighted by Gasteiger charge is -2.27. The molecule has 0 fully saturated rings. The standard InChI is InChI=1S/C16H23N3O/c1-2-16(20)13-19(15-7-4-3-5-8-15)11-6-10-18-12-9-17-14-18/h3-5,7-9,12,14,16,20H,2,6,10-11,13H2,1H3. The third kappa shape index (κ3) is 4.38. The Morgan fingerprint density at radius 2 is 2.10 bits per heavy atom. The van der Waals surface area contributed by atoms with Crippen LogP contribution >= 0.6 is 0 Å². The fourth-order valence-corrected chi connectivity index (χ4v) is 2.21. The summed E-state index contributed by atoms with van der Waals surface area (Å²) in [6.07, 6.45) is 7.16. The zero-order chi connectivity index (χ0) is 14.2. The van der Waals surface area contributed by atoms with Crippen molar-refractivity contribution >= 4 is 5.69 Å². The summed E-state index contributed by atoms with van der Waals surface area (Å²) in [5.74, 6) is 0. The van der Waals surface area contributed by atoms with Crippen molar-refractivity contribution in [3.05, 3.63) is 49.1 Å². The third-order valence-electron chi connectivity index (χ3n) is 3.43. The molecule has 0 radical (unpaired) electrons. The molecule has 0 saturated heterocycles. The van der Waals surface area contributed by atoms with Crippen molar-refractivity contribution in [3.63, 3.8) is 0 Å². The number of benzene rings is 1. The van der Waals surface area contributed by atoms with Gasteiger partial charge in [-0.1, -0.05) is 25.1 Å². The van der Waals surface area contributed by atoms with Gasteiger partial charge in [-0.2, -0.15) is 0 Å².